The molecule has 3 nitrogen and oxygen atoms in total. The first kappa shape index (κ1) is 14.6. The van der Waals surface area contributed by atoms with Crippen LogP contribution in [0, 0.1) is 13.8 Å². The molecule has 2 aromatic rings. The summed E-state index contributed by atoms with van der Waals surface area (Å²) in [7, 11) is 0. The van der Waals surface area contributed by atoms with Crippen LogP contribution in [0.2, 0.25) is 0 Å². The van der Waals surface area contributed by atoms with E-state index >= 15 is 0 Å². The number of aryl methyl sites for hydroxylation is 2. The van der Waals surface area contributed by atoms with Crippen molar-refractivity contribution in [2.75, 3.05) is 17.2 Å². The zero-order valence-corrected chi connectivity index (χ0v) is 13.1. The lowest BCUT2D eigenvalue weighted by molar-refractivity contribution is -0.114. The number of carbonyl (C=O) groups excluding carboxylic acids is 1. The molecular weight excluding hydrogens is 316 g/mol. The van der Waals surface area contributed by atoms with Crippen LogP contribution in [0.3, 0.4) is 0 Å². The van der Waals surface area contributed by atoms with Crippen molar-refractivity contribution in [3.63, 3.8) is 0 Å². The summed E-state index contributed by atoms with van der Waals surface area (Å²) in [5.41, 5.74) is 4.06. The Kier molecular flexibility index (Phi) is 4.79. The monoisotopic (exact) mass is 332 g/mol. The van der Waals surface area contributed by atoms with Crippen LogP contribution in [0.4, 0.5) is 11.4 Å². The maximum absolute atomic E-state index is 11.8. The summed E-state index contributed by atoms with van der Waals surface area (Å²) < 4.78 is 1.06. The third kappa shape index (κ3) is 4.10. The molecule has 0 aliphatic heterocycles. The summed E-state index contributed by atoms with van der Waals surface area (Å²) in [5, 5.41) is 5.97. The van der Waals surface area contributed by atoms with Crippen molar-refractivity contribution in [3.05, 3.63) is 58.1 Å². The van der Waals surface area contributed by atoms with E-state index in [2.05, 4.69) is 26.6 Å². The molecule has 20 heavy (non-hydrogen) atoms. The molecule has 0 aliphatic carbocycles. The van der Waals surface area contributed by atoms with Gasteiger partial charge in [0.25, 0.3) is 0 Å². The Bertz CT molecular complexity index is 608. The Morgan fingerprint density at radius 2 is 1.70 bits per heavy atom. The lowest BCUT2D eigenvalue weighted by Crippen LogP contribution is -2.21. The summed E-state index contributed by atoms with van der Waals surface area (Å²) in [6, 6.07) is 13.7. The topological polar surface area (TPSA) is 41.1 Å². The third-order valence-electron chi connectivity index (χ3n) is 2.95. The van der Waals surface area contributed by atoms with Crippen LogP contribution in [0.25, 0.3) is 0 Å². The summed E-state index contributed by atoms with van der Waals surface area (Å²) in [6.45, 7) is 4.28. The molecule has 0 aromatic heterocycles. The second-order valence-corrected chi connectivity index (χ2v) is 5.59. The minimum atomic E-state index is -0.0607. The molecule has 2 N–H and O–H groups in total. The van der Waals surface area contributed by atoms with Crippen molar-refractivity contribution >= 4 is 33.2 Å². The van der Waals surface area contributed by atoms with Gasteiger partial charge in [-0.3, -0.25) is 4.79 Å². The number of rotatable bonds is 4. The van der Waals surface area contributed by atoms with Crippen molar-refractivity contribution < 1.29 is 4.79 Å². The van der Waals surface area contributed by atoms with Crippen LogP contribution < -0.4 is 10.6 Å². The Labute approximate surface area is 127 Å². The molecular formula is C16H17BrN2O. The molecule has 0 spiro atoms. The molecule has 4 heteroatoms. The second kappa shape index (κ2) is 6.57. The van der Waals surface area contributed by atoms with Crippen molar-refractivity contribution in [2.24, 2.45) is 0 Å². The van der Waals surface area contributed by atoms with E-state index in [1.54, 1.807) is 0 Å². The molecule has 0 bridgehead atoms. The van der Waals surface area contributed by atoms with E-state index in [-0.39, 0.29) is 12.5 Å². The highest BCUT2D eigenvalue weighted by atomic mass is 79.9. The number of benzene rings is 2. The highest BCUT2D eigenvalue weighted by molar-refractivity contribution is 9.10. The fourth-order valence-corrected chi connectivity index (χ4v) is 2.03. The normalized spacial score (nSPS) is 10.2. The van der Waals surface area contributed by atoms with Gasteiger partial charge in [-0.05, 0) is 49.7 Å². The van der Waals surface area contributed by atoms with Gasteiger partial charge in [0.05, 0.1) is 6.54 Å². The predicted octanol–water partition coefficient (Wildman–Crippen LogP) is 4.12. The van der Waals surface area contributed by atoms with Crippen LogP contribution in [0.15, 0.2) is 46.9 Å². The Morgan fingerprint density at radius 3 is 2.35 bits per heavy atom. The van der Waals surface area contributed by atoms with Crippen molar-refractivity contribution in [1.29, 1.82) is 0 Å². The molecule has 0 saturated carbocycles. The lowest BCUT2D eigenvalue weighted by atomic mass is 10.2. The summed E-state index contributed by atoms with van der Waals surface area (Å²) >= 11 is 3.45. The van der Waals surface area contributed by atoms with Crippen LogP contribution in [0.5, 0.6) is 0 Å². The van der Waals surface area contributed by atoms with Gasteiger partial charge in [-0.2, -0.15) is 0 Å². The average Bonchev–Trinajstić information content (AvgIpc) is 2.43. The predicted molar refractivity (Wildman–Crippen MR) is 87.2 cm³/mol. The van der Waals surface area contributed by atoms with Crippen LogP contribution in [-0.4, -0.2) is 12.5 Å². The zero-order chi connectivity index (χ0) is 14.5. The number of hydrogen-bond acceptors (Lipinski definition) is 2. The number of hydrogen-bond donors (Lipinski definition) is 2. The number of amides is 1. The lowest BCUT2D eigenvalue weighted by Gasteiger charge is -2.09. The SMILES string of the molecule is Cc1ccc(NC(=O)CNc2ccc(Br)c(C)c2)cc1. The van der Waals surface area contributed by atoms with Gasteiger partial charge in [0.15, 0.2) is 0 Å². The minimum absolute atomic E-state index is 0.0607. The Hall–Kier alpha value is -1.81. The Morgan fingerprint density at radius 1 is 1.05 bits per heavy atom. The van der Waals surface area contributed by atoms with Gasteiger partial charge < -0.3 is 10.6 Å². The first-order valence-electron chi connectivity index (χ1n) is 6.41. The van der Waals surface area contributed by atoms with E-state index in [0.717, 1.165) is 21.4 Å². The van der Waals surface area contributed by atoms with Crippen LogP contribution in [-0.2, 0) is 4.79 Å². The third-order valence-corrected chi connectivity index (χ3v) is 3.84. The number of carbonyl (C=O) groups is 1. The molecule has 104 valence electrons. The number of nitrogens with one attached hydrogen (secondary N) is 2. The molecule has 0 radical (unpaired) electrons. The number of anilines is 2. The second-order valence-electron chi connectivity index (χ2n) is 4.73. The standard InChI is InChI=1S/C16H17BrN2O/c1-11-3-5-13(6-4-11)19-16(20)10-18-14-7-8-15(17)12(2)9-14/h3-9,18H,10H2,1-2H3,(H,19,20). The first-order valence-corrected chi connectivity index (χ1v) is 7.20. The summed E-state index contributed by atoms with van der Waals surface area (Å²) in [6.07, 6.45) is 0. The van der Waals surface area contributed by atoms with Crippen molar-refractivity contribution in [1.82, 2.24) is 0 Å². The molecule has 0 atom stereocenters. The summed E-state index contributed by atoms with van der Waals surface area (Å²) in [4.78, 5) is 11.8. The largest absolute Gasteiger partial charge is 0.376 e. The quantitative estimate of drug-likeness (QED) is 0.884. The summed E-state index contributed by atoms with van der Waals surface area (Å²) in [5.74, 6) is -0.0607. The minimum Gasteiger partial charge on any atom is -0.376 e. The molecule has 2 aromatic carbocycles. The fourth-order valence-electron chi connectivity index (χ4n) is 1.78. The van der Waals surface area contributed by atoms with E-state index in [1.165, 1.54) is 5.56 Å². The molecule has 2 rings (SSSR count). The van der Waals surface area contributed by atoms with Gasteiger partial charge in [0.2, 0.25) is 5.91 Å². The molecule has 0 fully saturated rings. The molecule has 0 aliphatic rings. The van der Waals surface area contributed by atoms with Gasteiger partial charge in [0, 0.05) is 15.8 Å². The first-order chi connectivity index (χ1) is 9.54. The molecule has 0 heterocycles. The smallest absolute Gasteiger partial charge is 0.243 e. The van der Waals surface area contributed by atoms with Gasteiger partial charge in [-0.1, -0.05) is 33.6 Å². The van der Waals surface area contributed by atoms with Crippen LogP contribution >= 0.6 is 15.9 Å². The maximum Gasteiger partial charge on any atom is 0.243 e. The van der Waals surface area contributed by atoms with E-state index < -0.39 is 0 Å². The molecule has 1 amide bonds. The van der Waals surface area contributed by atoms with Crippen molar-refractivity contribution in [3.8, 4) is 0 Å². The fraction of sp³-hybridized carbons (Fsp3) is 0.188. The van der Waals surface area contributed by atoms with E-state index in [1.807, 2.05) is 56.3 Å². The van der Waals surface area contributed by atoms with Crippen molar-refractivity contribution in [2.45, 2.75) is 13.8 Å². The zero-order valence-electron chi connectivity index (χ0n) is 11.5. The van der Waals surface area contributed by atoms with E-state index in [9.17, 15) is 4.79 Å². The van der Waals surface area contributed by atoms with E-state index in [4.69, 9.17) is 0 Å². The number of halogens is 1. The average molecular weight is 333 g/mol. The highest BCUT2D eigenvalue weighted by Crippen LogP contribution is 2.19. The molecule has 0 saturated heterocycles. The van der Waals surface area contributed by atoms with Gasteiger partial charge in [0.1, 0.15) is 0 Å². The van der Waals surface area contributed by atoms with Gasteiger partial charge in [-0.25, -0.2) is 0 Å². The highest BCUT2D eigenvalue weighted by Gasteiger charge is 2.03. The Balaban J connectivity index is 1.88. The van der Waals surface area contributed by atoms with E-state index in [0.29, 0.717) is 0 Å². The van der Waals surface area contributed by atoms with Gasteiger partial charge in [-0.15, -0.1) is 0 Å². The van der Waals surface area contributed by atoms with Crippen LogP contribution in [0.1, 0.15) is 11.1 Å². The van der Waals surface area contributed by atoms with Gasteiger partial charge >= 0.3 is 0 Å². The molecule has 0 unspecified atom stereocenters. The maximum atomic E-state index is 11.8.